The second-order valence-corrected chi connectivity index (χ2v) is 4.85. The summed E-state index contributed by atoms with van der Waals surface area (Å²) < 4.78 is 0. The first kappa shape index (κ1) is 12.4. The van der Waals surface area contributed by atoms with Crippen molar-refractivity contribution in [2.75, 3.05) is 10.6 Å². The quantitative estimate of drug-likeness (QED) is 0.718. The average molecular weight is 222 g/mol. The van der Waals surface area contributed by atoms with Crippen LogP contribution in [0.1, 0.15) is 26.3 Å². The maximum atomic E-state index is 11.3. The van der Waals surface area contributed by atoms with E-state index in [1.54, 1.807) is 12.1 Å². The highest BCUT2D eigenvalue weighted by molar-refractivity contribution is 5.91. The lowest BCUT2D eigenvalue weighted by Crippen LogP contribution is -2.45. The summed E-state index contributed by atoms with van der Waals surface area (Å²) in [7, 11) is 0. The van der Waals surface area contributed by atoms with E-state index in [1.807, 2.05) is 33.8 Å². The van der Waals surface area contributed by atoms with Crippen molar-refractivity contribution in [1.29, 1.82) is 0 Å². The first-order valence-corrected chi connectivity index (χ1v) is 5.13. The molecule has 0 atom stereocenters. The van der Waals surface area contributed by atoms with Crippen molar-refractivity contribution in [2.24, 2.45) is 0 Å². The number of carbonyl (C=O) groups is 1. The Labute approximate surface area is 95.7 Å². The van der Waals surface area contributed by atoms with Gasteiger partial charge in [-0.15, -0.1) is 0 Å². The van der Waals surface area contributed by atoms with Crippen LogP contribution in [-0.4, -0.2) is 16.7 Å². The Kier molecular flexibility index (Phi) is 3.12. The van der Waals surface area contributed by atoms with Gasteiger partial charge in [0.05, 0.1) is 11.4 Å². The van der Waals surface area contributed by atoms with E-state index in [9.17, 15) is 9.90 Å². The topological polar surface area (TPSA) is 66.6 Å². The minimum absolute atomic E-state index is 0.475. The zero-order valence-electron chi connectivity index (χ0n) is 10.1. The Morgan fingerprint density at radius 1 is 1.38 bits per heavy atom. The van der Waals surface area contributed by atoms with E-state index in [2.05, 4.69) is 0 Å². The highest BCUT2D eigenvalue weighted by Gasteiger charge is 2.29. The number of hydrogen-bond acceptors (Lipinski definition) is 2. The van der Waals surface area contributed by atoms with Gasteiger partial charge in [0.15, 0.2) is 0 Å². The van der Waals surface area contributed by atoms with Crippen molar-refractivity contribution < 1.29 is 9.90 Å². The number of amides is 1. The third kappa shape index (κ3) is 2.45. The van der Waals surface area contributed by atoms with Gasteiger partial charge in [0, 0.05) is 5.54 Å². The molecule has 4 nitrogen and oxygen atoms in total. The molecule has 0 spiro atoms. The Balaban J connectivity index is 3.32. The zero-order chi connectivity index (χ0) is 12.5. The van der Waals surface area contributed by atoms with Crippen molar-refractivity contribution in [3.8, 4) is 0 Å². The van der Waals surface area contributed by atoms with Gasteiger partial charge >= 0.3 is 6.09 Å². The number of rotatable bonds is 1. The molecule has 0 aliphatic carbocycles. The summed E-state index contributed by atoms with van der Waals surface area (Å²) in [6.07, 6.45) is -0.996. The second-order valence-electron chi connectivity index (χ2n) is 4.85. The molecule has 0 aliphatic heterocycles. The van der Waals surface area contributed by atoms with Gasteiger partial charge in [0.2, 0.25) is 0 Å². The molecule has 0 saturated heterocycles. The maximum Gasteiger partial charge on any atom is 0.412 e. The van der Waals surface area contributed by atoms with Crippen LogP contribution in [0.2, 0.25) is 0 Å². The number of benzene rings is 1. The Morgan fingerprint density at radius 3 is 2.38 bits per heavy atom. The molecular formula is C12H18N2O2. The predicted octanol–water partition coefficient (Wildman–Crippen LogP) is 2.86. The molecular weight excluding hydrogens is 204 g/mol. The van der Waals surface area contributed by atoms with Crippen LogP contribution in [0, 0.1) is 6.92 Å². The largest absolute Gasteiger partial charge is 0.465 e. The van der Waals surface area contributed by atoms with Crippen LogP contribution in [0.15, 0.2) is 18.2 Å². The lowest BCUT2D eigenvalue weighted by atomic mass is 10.0. The van der Waals surface area contributed by atoms with Gasteiger partial charge in [-0.3, -0.25) is 4.90 Å². The van der Waals surface area contributed by atoms with Crippen molar-refractivity contribution in [3.05, 3.63) is 23.8 Å². The maximum absolute atomic E-state index is 11.3. The molecule has 1 aromatic carbocycles. The van der Waals surface area contributed by atoms with Crippen LogP contribution >= 0.6 is 0 Å². The highest BCUT2D eigenvalue weighted by atomic mass is 16.4. The van der Waals surface area contributed by atoms with Gasteiger partial charge in [0.25, 0.3) is 0 Å². The van der Waals surface area contributed by atoms with Crippen LogP contribution < -0.4 is 10.6 Å². The fourth-order valence-electron chi connectivity index (χ4n) is 1.60. The van der Waals surface area contributed by atoms with E-state index in [4.69, 9.17) is 5.73 Å². The lowest BCUT2D eigenvalue weighted by molar-refractivity contribution is 0.195. The molecule has 88 valence electrons. The Bertz CT molecular complexity index is 408. The molecule has 3 N–H and O–H groups in total. The summed E-state index contributed by atoms with van der Waals surface area (Å²) in [5.41, 5.74) is 7.30. The van der Waals surface area contributed by atoms with Crippen molar-refractivity contribution >= 4 is 17.5 Å². The third-order valence-corrected chi connectivity index (χ3v) is 2.29. The van der Waals surface area contributed by atoms with E-state index in [0.29, 0.717) is 11.4 Å². The molecule has 0 bridgehead atoms. The fourth-order valence-corrected chi connectivity index (χ4v) is 1.60. The number of nitrogens with two attached hydrogens (primary N) is 1. The van der Waals surface area contributed by atoms with E-state index < -0.39 is 11.6 Å². The van der Waals surface area contributed by atoms with Crippen LogP contribution in [0.3, 0.4) is 0 Å². The molecule has 0 aliphatic rings. The number of anilines is 2. The summed E-state index contributed by atoms with van der Waals surface area (Å²) in [4.78, 5) is 12.6. The molecule has 0 unspecified atom stereocenters. The number of carboxylic acid groups (broad SMARTS) is 1. The molecule has 0 saturated carbocycles. The molecule has 1 aromatic rings. The molecule has 16 heavy (non-hydrogen) atoms. The molecule has 4 heteroatoms. The van der Waals surface area contributed by atoms with Crippen molar-refractivity contribution in [2.45, 2.75) is 33.2 Å². The number of hydrogen-bond donors (Lipinski definition) is 2. The lowest BCUT2D eigenvalue weighted by Gasteiger charge is -2.34. The smallest absolute Gasteiger partial charge is 0.412 e. The summed E-state index contributed by atoms with van der Waals surface area (Å²) >= 11 is 0. The minimum atomic E-state index is -0.996. The van der Waals surface area contributed by atoms with E-state index in [1.165, 1.54) is 4.90 Å². The molecule has 1 amide bonds. The van der Waals surface area contributed by atoms with Crippen molar-refractivity contribution in [3.63, 3.8) is 0 Å². The summed E-state index contributed by atoms with van der Waals surface area (Å²) in [5.74, 6) is 0. The standard InChI is InChI=1S/C12H18N2O2/c1-8-5-6-9(13)10(7-8)14(11(15)16)12(2,3)4/h5-7H,13H2,1-4H3,(H,15,16). The van der Waals surface area contributed by atoms with E-state index in [-0.39, 0.29) is 0 Å². The number of nitrogens with zero attached hydrogens (tertiary/aromatic N) is 1. The Morgan fingerprint density at radius 2 is 1.94 bits per heavy atom. The Hall–Kier alpha value is -1.71. The average Bonchev–Trinajstić information content (AvgIpc) is 2.08. The molecule has 0 heterocycles. The number of nitrogen functional groups attached to an aromatic ring is 1. The summed E-state index contributed by atoms with van der Waals surface area (Å²) in [6.45, 7) is 7.42. The van der Waals surface area contributed by atoms with Crippen LogP contribution in [0.5, 0.6) is 0 Å². The first-order valence-electron chi connectivity index (χ1n) is 5.13. The van der Waals surface area contributed by atoms with Gasteiger partial charge in [-0.05, 0) is 45.4 Å². The first-order chi connectivity index (χ1) is 7.23. The van der Waals surface area contributed by atoms with Crippen LogP contribution in [0.25, 0.3) is 0 Å². The van der Waals surface area contributed by atoms with Crippen LogP contribution in [-0.2, 0) is 0 Å². The van der Waals surface area contributed by atoms with Crippen LogP contribution in [0.4, 0.5) is 16.2 Å². The van der Waals surface area contributed by atoms with Gasteiger partial charge < -0.3 is 10.8 Å². The van der Waals surface area contributed by atoms with Gasteiger partial charge in [-0.25, -0.2) is 4.79 Å². The van der Waals surface area contributed by atoms with Crippen molar-refractivity contribution in [1.82, 2.24) is 0 Å². The molecule has 0 fully saturated rings. The van der Waals surface area contributed by atoms with Gasteiger partial charge in [-0.1, -0.05) is 6.07 Å². The highest BCUT2D eigenvalue weighted by Crippen LogP contribution is 2.30. The summed E-state index contributed by atoms with van der Waals surface area (Å²) in [6, 6.07) is 5.38. The molecule has 0 radical (unpaired) electrons. The van der Waals surface area contributed by atoms with Gasteiger partial charge in [-0.2, -0.15) is 0 Å². The minimum Gasteiger partial charge on any atom is -0.465 e. The molecule has 1 rings (SSSR count). The normalized spacial score (nSPS) is 11.2. The van der Waals surface area contributed by atoms with E-state index in [0.717, 1.165) is 5.56 Å². The molecule has 0 aromatic heterocycles. The third-order valence-electron chi connectivity index (χ3n) is 2.29. The van der Waals surface area contributed by atoms with Gasteiger partial charge in [0.1, 0.15) is 0 Å². The zero-order valence-corrected chi connectivity index (χ0v) is 10.1. The SMILES string of the molecule is Cc1ccc(N)c(N(C(=O)O)C(C)(C)C)c1. The monoisotopic (exact) mass is 222 g/mol. The van der Waals surface area contributed by atoms with E-state index >= 15 is 0 Å². The second kappa shape index (κ2) is 4.04. The predicted molar refractivity (Wildman–Crippen MR) is 65.8 cm³/mol. The number of aryl methyl sites for hydroxylation is 1. The fraction of sp³-hybridized carbons (Fsp3) is 0.417. The summed E-state index contributed by atoms with van der Waals surface area (Å²) in [5, 5.41) is 9.25.